The number of nitrogens with one attached hydrogen (secondary N) is 1. The van der Waals surface area contributed by atoms with E-state index in [4.69, 9.17) is 10.5 Å². The molecule has 1 atom stereocenters. The van der Waals surface area contributed by atoms with E-state index in [1.165, 1.54) is 0 Å². The zero-order valence-corrected chi connectivity index (χ0v) is 9.16. The Morgan fingerprint density at radius 1 is 1.53 bits per heavy atom. The highest BCUT2D eigenvalue weighted by Gasteiger charge is 2.04. The lowest BCUT2D eigenvalue weighted by atomic mass is 10.1. The molecular weight excluding hydrogens is 192 g/mol. The fraction of sp³-hybridized carbons (Fsp3) is 0.455. The third-order valence-electron chi connectivity index (χ3n) is 2.08. The van der Waals surface area contributed by atoms with Crippen molar-refractivity contribution in [3.63, 3.8) is 0 Å². The van der Waals surface area contributed by atoms with Crippen LogP contribution >= 0.6 is 0 Å². The Bertz CT molecular complexity index is 313. The van der Waals surface area contributed by atoms with E-state index in [0.29, 0.717) is 6.54 Å². The summed E-state index contributed by atoms with van der Waals surface area (Å²) >= 11 is 0. The van der Waals surface area contributed by atoms with E-state index in [1.54, 1.807) is 14.0 Å². The van der Waals surface area contributed by atoms with Gasteiger partial charge in [-0.25, -0.2) is 0 Å². The van der Waals surface area contributed by atoms with Gasteiger partial charge >= 0.3 is 0 Å². The summed E-state index contributed by atoms with van der Waals surface area (Å²) in [5.41, 5.74) is 7.41. The number of ether oxygens (including phenoxy) is 1. The van der Waals surface area contributed by atoms with Crippen LogP contribution in [0, 0.1) is 0 Å². The number of nitrogens with two attached hydrogens (primary N) is 1. The first-order valence-corrected chi connectivity index (χ1v) is 4.99. The molecule has 0 amide bonds. The number of methoxy groups -OCH3 is 1. The minimum absolute atomic E-state index is 0.574. The molecule has 84 valence electrons. The Kier molecular flexibility index (Phi) is 4.39. The van der Waals surface area contributed by atoms with E-state index >= 15 is 0 Å². The summed E-state index contributed by atoms with van der Waals surface area (Å²) in [6, 6.07) is 5.72. The fourth-order valence-electron chi connectivity index (χ4n) is 1.44. The van der Waals surface area contributed by atoms with Crippen LogP contribution in [0.15, 0.2) is 18.2 Å². The highest BCUT2D eigenvalue weighted by atomic mass is 16.5. The predicted molar refractivity (Wildman–Crippen MR) is 61.1 cm³/mol. The van der Waals surface area contributed by atoms with Gasteiger partial charge in [0.25, 0.3) is 0 Å². The van der Waals surface area contributed by atoms with Crippen LogP contribution in [-0.4, -0.2) is 25.0 Å². The Labute approximate surface area is 90.1 Å². The molecule has 0 heterocycles. The Morgan fingerprint density at radius 3 is 2.80 bits per heavy atom. The highest BCUT2D eigenvalue weighted by molar-refractivity contribution is 5.52. The minimum atomic E-state index is -0.574. The molecule has 0 bridgehead atoms. The highest BCUT2D eigenvalue weighted by Crippen LogP contribution is 2.23. The molecular formula is C11H18N2O2. The number of rotatable bonds is 5. The van der Waals surface area contributed by atoms with Gasteiger partial charge < -0.3 is 20.9 Å². The Hall–Kier alpha value is -1.26. The molecule has 1 aromatic rings. The van der Waals surface area contributed by atoms with Gasteiger partial charge in [-0.1, -0.05) is 6.07 Å². The molecule has 1 unspecified atom stereocenters. The molecule has 0 saturated heterocycles. The Balaban J connectivity index is 2.86. The fourth-order valence-corrected chi connectivity index (χ4v) is 1.44. The predicted octanol–water partition coefficient (Wildman–Crippen LogP) is 0.947. The summed E-state index contributed by atoms with van der Waals surface area (Å²) < 4.78 is 5.24. The van der Waals surface area contributed by atoms with Gasteiger partial charge in [0.15, 0.2) is 0 Å². The minimum Gasteiger partial charge on any atom is -0.496 e. The summed E-state index contributed by atoms with van der Waals surface area (Å²) in [6.45, 7) is 2.26. The molecule has 0 spiro atoms. The zero-order chi connectivity index (χ0) is 11.3. The van der Waals surface area contributed by atoms with Gasteiger partial charge in [0.1, 0.15) is 12.0 Å². The molecule has 0 aliphatic carbocycles. The number of benzene rings is 1. The zero-order valence-electron chi connectivity index (χ0n) is 9.16. The first-order valence-electron chi connectivity index (χ1n) is 4.99. The second-order valence-electron chi connectivity index (χ2n) is 3.39. The normalized spacial score (nSPS) is 12.3. The van der Waals surface area contributed by atoms with Crippen LogP contribution in [0.2, 0.25) is 0 Å². The molecule has 0 saturated carbocycles. The largest absolute Gasteiger partial charge is 0.496 e. The molecule has 0 radical (unpaired) electrons. The van der Waals surface area contributed by atoms with Crippen molar-refractivity contribution in [2.75, 3.05) is 19.0 Å². The summed E-state index contributed by atoms with van der Waals surface area (Å²) in [7, 11) is 1.63. The van der Waals surface area contributed by atoms with Gasteiger partial charge in [-0.3, -0.25) is 0 Å². The molecule has 0 aromatic heterocycles. The van der Waals surface area contributed by atoms with Gasteiger partial charge in [0.05, 0.1) is 7.11 Å². The number of aliphatic hydroxyl groups is 1. The van der Waals surface area contributed by atoms with Crippen molar-refractivity contribution in [2.24, 2.45) is 5.73 Å². The van der Waals surface area contributed by atoms with E-state index in [1.807, 2.05) is 18.2 Å². The second-order valence-corrected chi connectivity index (χ2v) is 3.39. The molecule has 15 heavy (non-hydrogen) atoms. The average molecular weight is 210 g/mol. The smallest absolute Gasteiger partial charge is 0.124 e. The summed E-state index contributed by atoms with van der Waals surface area (Å²) in [5, 5.41) is 12.1. The number of hydrogen-bond acceptors (Lipinski definition) is 4. The van der Waals surface area contributed by atoms with Crippen LogP contribution in [0.25, 0.3) is 0 Å². The maximum absolute atomic E-state index is 9.17. The third kappa shape index (κ3) is 3.42. The quantitative estimate of drug-likeness (QED) is 0.633. The van der Waals surface area contributed by atoms with Crippen molar-refractivity contribution < 1.29 is 9.84 Å². The van der Waals surface area contributed by atoms with Gasteiger partial charge in [0, 0.05) is 11.8 Å². The molecule has 1 rings (SSSR count). The molecule has 0 fully saturated rings. The van der Waals surface area contributed by atoms with Crippen molar-refractivity contribution in [1.82, 2.24) is 0 Å². The summed E-state index contributed by atoms with van der Waals surface area (Å²) in [6.07, 6.45) is 0.216. The van der Waals surface area contributed by atoms with Crippen molar-refractivity contribution >= 4 is 5.69 Å². The monoisotopic (exact) mass is 210 g/mol. The van der Waals surface area contributed by atoms with Gasteiger partial charge in [-0.15, -0.1) is 0 Å². The topological polar surface area (TPSA) is 67.5 Å². The number of hydrogen-bond donors (Lipinski definition) is 3. The Morgan fingerprint density at radius 2 is 2.27 bits per heavy atom. The van der Waals surface area contributed by atoms with Gasteiger partial charge in [-0.2, -0.15) is 0 Å². The first kappa shape index (κ1) is 11.8. The van der Waals surface area contributed by atoms with Gasteiger partial charge in [0.2, 0.25) is 0 Å². The molecule has 4 heteroatoms. The van der Waals surface area contributed by atoms with Crippen LogP contribution in [0.5, 0.6) is 5.75 Å². The van der Waals surface area contributed by atoms with Crippen molar-refractivity contribution in [1.29, 1.82) is 0 Å². The first-order chi connectivity index (χ1) is 7.17. The lowest BCUT2D eigenvalue weighted by Crippen LogP contribution is -2.13. The lowest BCUT2D eigenvalue weighted by Gasteiger charge is -2.13. The third-order valence-corrected chi connectivity index (χ3v) is 2.08. The van der Waals surface area contributed by atoms with E-state index in [9.17, 15) is 5.11 Å². The average Bonchev–Trinajstić information content (AvgIpc) is 2.20. The van der Waals surface area contributed by atoms with Crippen molar-refractivity contribution in [2.45, 2.75) is 19.6 Å². The van der Waals surface area contributed by atoms with Gasteiger partial charge in [-0.05, 0) is 31.5 Å². The van der Waals surface area contributed by atoms with Crippen LogP contribution in [0.3, 0.4) is 0 Å². The van der Waals surface area contributed by atoms with E-state index in [-0.39, 0.29) is 0 Å². The molecule has 1 aromatic carbocycles. The van der Waals surface area contributed by atoms with Crippen LogP contribution in [0.1, 0.15) is 12.5 Å². The number of aliphatic hydroxyl groups excluding tert-OH is 1. The molecule has 4 N–H and O–H groups in total. The van der Waals surface area contributed by atoms with E-state index < -0.39 is 6.23 Å². The van der Waals surface area contributed by atoms with Crippen molar-refractivity contribution in [3.8, 4) is 5.75 Å². The van der Waals surface area contributed by atoms with Crippen LogP contribution in [-0.2, 0) is 6.42 Å². The van der Waals surface area contributed by atoms with Crippen molar-refractivity contribution in [3.05, 3.63) is 23.8 Å². The maximum Gasteiger partial charge on any atom is 0.124 e. The maximum atomic E-state index is 9.17. The SMILES string of the molecule is COc1cc(NC(C)O)ccc1CCN. The van der Waals surface area contributed by atoms with Crippen LogP contribution in [0.4, 0.5) is 5.69 Å². The molecule has 4 nitrogen and oxygen atoms in total. The summed E-state index contributed by atoms with van der Waals surface area (Å²) in [4.78, 5) is 0. The standard InChI is InChI=1S/C11H18N2O2/c1-8(14)13-10-4-3-9(5-6-12)11(7-10)15-2/h3-4,7-8,13-14H,5-6,12H2,1-2H3. The van der Waals surface area contributed by atoms with Crippen LogP contribution < -0.4 is 15.8 Å². The molecule has 0 aliphatic rings. The lowest BCUT2D eigenvalue weighted by molar-refractivity contribution is 0.224. The van der Waals surface area contributed by atoms with E-state index in [0.717, 1.165) is 23.4 Å². The van der Waals surface area contributed by atoms with E-state index in [2.05, 4.69) is 5.32 Å². The number of anilines is 1. The summed E-state index contributed by atoms with van der Waals surface area (Å²) in [5.74, 6) is 0.797. The second kappa shape index (κ2) is 5.58. The molecule has 0 aliphatic heterocycles.